The molecule has 128 valence electrons. The summed E-state index contributed by atoms with van der Waals surface area (Å²) in [5.74, 6) is 0.292. The van der Waals surface area contributed by atoms with Gasteiger partial charge in [-0.05, 0) is 64.0 Å². The Morgan fingerprint density at radius 3 is 2.79 bits per heavy atom. The van der Waals surface area contributed by atoms with Crippen LogP contribution in [-0.4, -0.2) is 23.2 Å². The van der Waals surface area contributed by atoms with E-state index in [9.17, 15) is 10.1 Å². The lowest BCUT2D eigenvalue weighted by molar-refractivity contribution is -0.118. The van der Waals surface area contributed by atoms with Crippen LogP contribution in [0.3, 0.4) is 0 Å². The number of hydrogen-bond acceptors (Lipinski definition) is 4. The number of nitrogens with zero attached hydrogens (tertiary/aromatic N) is 2. The Morgan fingerprint density at radius 2 is 2.12 bits per heavy atom. The lowest BCUT2D eigenvalue weighted by atomic mass is 9.97. The topological polar surface area (TPSA) is 65.8 Å². The summed E-state index contributed by atoms with van der Waals surface area (Å²) in [5.41, 5.74) is 4.97. The molecule has 1 amide bonds. The number of carbonyl (C=O) groups is 1. The van der Waals surface area contributed by atoms with Crippen molar-refractivity contribution in [3.8, 4) is 6.07 Å². The van der Waals surface area contributed by atoms with Gasteiger partial charge in [0, 0.05) is 12.2 Å². The summed E-state index contributed by atoms with van der Waals surface area (Å²) in [5, 5.41) is 13.0. The van der Waals surface area contributed by atoms with E-state index in [1.54, 1.807) is 0 Å². The van der Waals surface area contributed by atoms with Crippen LogP contribution in [-0.2, 0) is 4.79 Å². The summed E-state index contributed by atoms with van der Waals surface area (Å²) in [7, 11) is 0. The zero-order chi connectivity index (χ0) is 17.5. The molecule has 24 heavy (non-hydrogen) atoms. The van der Waals surface area contributed by atoms with Gasteiger partial charge >= 0.3 is 0 Å². The van der Waals surface area contributed by atoms with E-state index in [1.807, 2.05) is 20.8 Å². The molecule has 5 heteroatoms. The van der Waals surface area contributed by atoms with Crippen LogP contribution in [0.2, 0.25) is 0 Å². The molecular formula is C19H25N3OS. The number of nitrogens with one attached hydrogen (secondary N) is 1. The highest BCUT2D eigenvalue weighted by Crippen LogP contribution is 2.26. The zero-order valence-electron chi connectivity index (χ0n) is 14.7. The molecule has 1 N–H and O–H groups in total. The quantitative estimate of drug-likeness (QED) is 0.627. The Morgan fingerprint density at radius 1 is 1.33 bits per heavy atom. The zero-order valence-corrected chi connectivity index (χ0v) is 15.6. The molecule has 0 radical (unpaired) electrons. The number of rotatable bonds is 6. The average molecular weight is 343 g/mol. The lowest BCUT2D eigenvalue weighted by Crippen LogP contribution is -2.26. The summed E-state index contributed by atoms with van der Waals surface area (Å²) in [4.78, 5) is 16.5. The van der Waals surface area contributed by atoms with Crippen molar-refractivity contribution in [3.63, 3.8) is 0 Å². The third kappa shape index (κ3) is 4.85. The average Bonchev–Trinajstić information content (AvgIpc) is 2.59. The second-order valence-corrected chi connectivity index (χ2v) is 7.20. The van der Waals surface area contributed by atoms with E-state index in [2.05, 4.69) is 22.4 Å². The molecule has 0 saturated heterocycles. The first-order valence-corrected chi connectivity index (χ1v) is 9.46. The largest absolute Gasteiger partial charge is 0.355 e. The number of pyridine rings is 1. The van der Waals surface area contributed by atoms with E-state index in [1.165, 1.54) is 43.0 Å². The van der Waals surface area contributed by atoms with Gasteiger partial charge in [-0.25, -0.2) is 4.98 Å². The van der Waals surface area contributed by atoms with Crippen LogP contribution in [0.5, 0.6) is 0 Å². The van der Waals surface area contributed by atoms with Crippen LogP contribution in [0.4, 0.5) is 0 Å². The standard InChI is InChI=1S/C19H25N3OS/c1-13-14(2)17(11-20)19(22-15(13)3)24-12-18(23)21-10-9-16-7-5-4-6-8-16/h7H,4-6,8-10,12H2,1-3H3,(H,21,23). The maximum Gasteiger partial charge on any atom is 0.230 e. The molecule has 1 aromatic heterocycles. The van der Waals surface area contributed by atoms with Gasteiger partial charge in [0.2, 0.25) is 5.91 Å². The smallest absolute Gasteiger partial charge is 0.230 e. The van der Waals surface area contributed by atoms with E-state index in [0.717, 1.165) is 23.2 Å². The van der Waals surface area contributed by atoms with Crippen molar-refractivity contribution in [3.05, 3.63) is 34.0 Å². The summed E-state index contributed by atoms with van der Waals surface area (Å²) in [6, 6.07) is 2.22. The minimum Gasteiger partial charge on any atom is -0.355 e. The molecule has 4 nitrogen and oxygen atoms in total. The Balaban J connectivity index is 1.85. The molecule has 0 fully saturated rings. The molecule has 0 saturated carbocycles. The van der Waals surface area contributed by atoms with Crippen molar-refractivity contribution in [2.45, 2.75) is 57.9 Å². The third-order valence-electron chi connectivity index (χ3n) is 4.57. The van der Waals surface area contributed by atoms with Crippen LogP contribution < -0.4 is 5.32 Å². The highest BCUT2D eigenvalue weighted by atomic mass is 32.2. The van der Waals surface area contributed by atoms with Crippen LogP contribution in [0.15, 0.2) is 16.7 Å². The van der Waals surface area contributed by atoms with Gasteiger partial charge in [0.15, 0.2) is 0 Å². The SMILES string of the molecule is Cc1nc(SCC(=O)NCCC2=CCCCC2)c(C#N)c(C)c1C. The summed E-state index contributed by atoms with van der Waals surface area (Å²) in [6.45, 7) is 6.53. The second-order valence-electron chi connectivity index (χ2n) is 6.24. The van der Waals surface area contributed by atoms with Gasteiger partial charge in [-0.1, -0.05) is 23.4 Å². The predicted octanol–water partition coefficient (Wildman–Crippen LogP) is 3.98. The summed E-state index contributed by atoms with van der Waals surface area (Å²) in [6.07, 6.45) is 8.16. The third-order valence-corrected chi connectivity index (χ3v) is 5.54. The lowest BCUT2D eigenvalue weighted by Gasteiger charge is -2.13. The number of amides is 1. The van der Waals surface area contributed by atoms with Gasteiger partial charge in [0.1, 0.15) is 11.1 Å². The first-order chi connectivity index (χ1) is 11.5. The number of allylic oxidation sites excluding steroid dienone is 1. The van der Waals surface area contributed by atoms with E-state index in [0.29, 0.717) is 22.9 Å². The summed E-state index contributed by atoms with van der Waals surface area (Å²) < 4.78 is 0. The van der Waals surface area contributed by atoms with Crippen LogP contribution in [0.25, 0.3) is 0 Å². The maximum absolute atomic E-state index is 12.0. The molecule has 0 unspecified atom stereocenters. The van der Waals surface area contributed by atoms with Gasteiger partial charge in [-0.3, -0.25) is 4.79 Å². The molecule has 1 heterocycles. The van der Waals surface area contributed by atoms with E-state index in [4.69, 9.17) is 0 Å². The fourth-order valence-electron chi connectivity index (χ4n) is 2.83. The molecule has 1 aliphatic rings. The molecule has 0 aromatic carbocycles. The van der Waals surface area contributed by atoms with E-state index in [-0.39, 0.29) is 5.91 Å². The van der Waals surface area contributed by atoms with Gasteiger partial charge in [-0.2, -0.15) is 5.26 Å². The van der Waals surface area contributed by atoms with Crippen molar-refractivity contribution in [2.75, 3.05) is 12.3 Å². The molecule has 1 aromatic rings. The van der Waals surface area contributed by atoms with Crippen LogP contribution >= 0.6 is 11.8 Å². The van der Waals surface area contributed by atoms with E-state index >= 15 is 0 Å². The van der Waals surface area contributed by atoms with Gasteiger partial charge in [0.25, 0.3) is 0 Å². The van der Waals surface area contributed by atoms with Crippen molar-refractivity contribution in [1.82, 2.24) is 10.3 Å². The van der Waals surface area contributed by atoms with Crippen LogP contribution in [0.1, 0.15) is 54.5 Å². The first kappa shape index (κ1) is 18.5. The highest BCUT2D eigenvalue weighted by molar-refractivity contribution is 8.00. The van der Waals surface area contributed by atoms with Crippen molar-refractivity contribution in [1.29, 1.82) is 5.26 Å². The van der Waals surface area contributed by atoms with Crippen molar-refractivity contribution >= 4 is 17.7 Å². The molecule has 0 bridgehead atoms. The Labute approximate surface area is 148 Å². The first-order valence-electron chi connectivity index (χ1n) is 8.48. The number of aryl methyl sites for hydroxylation is 1. The molecule has 2 rings (SSSR count). The Bertz CT molecular complexity index is 689. The fourth-order valence-corrected chi connectivity index (χ4v) is 3.74. The summed E-state index contributed by atoms with van der Waals surface area (Å²) >= 11 is 1.34. The molecule has 1 aliphatic carbocycles. The number of aromatic nitrogens is 1. The number of thioether (sulfide) groups is 1. The minimum atomic E-state index is -0.00187. The number of hydrogen-bond donors (Lipinski definition) is 1. The molecule has 0 atom stereocenters. The van der Waals surface area contributed by atoms with Crippen LogP contribution in [0, 0.1) is 32.1 Å². The maximum atomic E-state index is 12.0. The predicted molar refractivity (Wildman–Crippen MR) is 98.1 cm³/mol. The Hall–Kier alpha value is -1.80. The Kier molecular flexibility index (Phi) is 6.86. The van der Waals surface area contributed by atoms with Gasteiger partial charge < -0.3 is 5.32 Å². The highest BCUT2D eigenvalue weighted by Gasteiger charge is 2.14. The normalized spacial score (nSPS) is 14.0. The number of nitriles is 1. The fraction of sp³-hybridized carbons (Fsp3) is 0.526. The second kappa shape index (κ2) is 8.89. The van der Waals surface area contributed by atoms with Gasteiger partial charge in [-0.15, -0.1) is 0 Å². The van der Waals surface area contributed by atoms with Crippen molar-refractivity contribution < 1.29 is 4.79 Å². The molecule has 0 spiro atoms. The van der Waals surface area contributed by atoms with Gasteiger partial charge in [0.05, 0.1) is 11.3 Å². The minimum absolute atomic E-state index is 0.00187. The monoisotopic (exact) mass is 343 g/mol. The molecule has 0 aliphatic heterocycles. The van der Waals surface area contributed by atoms with E-state index < -0.39 is 0 Å². The van der Waals surface area contributed by atoms with Crippen molar-refractivity contribution in [2.24, 2.45) is 0 Å². The number of carbonyl (C=O) groups excluding carboxylic acids is 1. The molecular weight excluding hydrogens is 318 g/mol.